The molecule has 0 saturated heterocycles. The van der Waals surface area contributed by atoms with Crippen molar-refractivity contribution in [3.8, 4) is 0 Å². The standard InChI is InChI=1S/C15H14O/c1-2-15-14-8-7-11-5-3-4-6-12(11)13(14)9-10-16-15/h2-8,15H,1,9-10H2/t15-/m0/s1. The summed E-state index contributed by atoms with van der Waals surface area (Å²) < 4.78 is 5.68. The second kappa shape index (κ2) is 3.76. The predicted molar refractivity (Wildman–Crippen MR) is 66.5 cm³/mol. The molecular formula is C15H14O. The van der Waals surface area contributed by atoms with Crippen molar-refractivity contribution in [2.24, 2.45) is 0 Å². The van der Waals surface area contributed by atoms with Crippen LogP contribution in [0, 0.1) is 0 Å². The molecule has 16 heavy (non-hydrogen) atoms. The van der Waals surface area contributed by atoms with Gasteiger partial charge in [-0.05, 0) is 28.3 Å². The average molecular weight is 210 g/mol. The van der Waals surface area contributed by atoms with Crippen LogP contribution >= 0.6 is 0 Å². The second-order valence-electron chi connectivity index (χ2n) is 4.13. The molecule has 0 amide bonds. The van der Waals surface area contributed by atoms with E-state index < -0.39 is 0 Å². The second-order valence-corrected chi connectivity index (χ2v) is 4.13. The minimum atomic E-state index is 0.0633. The zero-order valence-corrected chi connectivity index (χ0v) is 9.15. The van der Waals surface area contributed by atoms with E-state index in [1.165, 1.54) is 21.9 Å². The van der Waals surface area contributed by atoms with Gasteiger partial charge in [-0.3, -0.25) is 0 Å². The molecule has 1 aliphatic rings. The molecule has 3 rings (SSSR count). The summed E-state index contributed by atoms with van der Waals surface area (Å²) in [7, 11) is 0. The summed E-state index contributed by atoms with van der Waals surface area (Å²) in [4.78, 5) is 0. The van der Waals surface area contributed by atoms with Crippen LogP contribution in [0.15, 0.2) is 49.1 Å². The summed E-state index contributed by atoms with van der Waals surface area (Å²) in [6.45, 7) is 4.63. The van der Waals surface area contributed by atoms with Gasteiger partial charge in [0.25, 0.3) is 0 Å². The lowest BCUT2D eigenvalue weighted by atomic mass is 9.92. The fraction of sp³-hybridized carbons (Fsp3) is 0.200. The largest absolute Gasteiger partial charge is 0.369 e. The smallest absolute Gasteiger partial charge is 0.101 e. The Bertz CT molecular complexity index is 542. The molecule has 0 saturated carbocycles. The van der Waals surface area contributed by atoms with Crippen LogP contribution in [0.25, 0.3) is 10.8 Å². The highest BCUT2D eigenvalue weighted by Crippen LogP contribution is 2.32. The van der Waals surface area contributed by atoms with Crippen LogP contribution in [-0.4, -0.2) is 6.61 Å². The molecule has 0 bridgehead atoms. The van der Waals surface area contributed by atoms with E-state index in [0.29, 0.717) is 0 Å². The van der Waals surface area contributed by atoms with Crippen molar-refractivity contribution >= 4 is 10.8 Å². The topological polar surface area (TPSA) is 9.23 Å². The average Bonchev–Trinajstić information content (AvgIpc) is 2.37. The summed E-state index contributed by atoms with van der Waals surface area (Å²) >= 11 is 0. The molecule has 0 aromatic heterocycles. The van der Waals surface area contributed by atoms with Crippen molar-refractivity contribution in [1.82, 2.24) is 0 Å². The van der Waals surface area contributed by atoms with Crippen molar-refractivity contribution < 1.29 is 4.74 Å². The van der Waals surface area contributed by atoms with Gasteiger partial charge in [0.1, 0.15) is 6.10 Å². The third kappa shape index (κ3) is 1.36. The van der Waals surface area contributed by atoms with E-state index in [-0.39, 0.29) is 6.10 Å². The van der Waals surface area contributed by atoms with Crippen LogP contribution in [-0.2, 0) is 11.2 Å². The number of hydrogen-bond acceptors (Lipinski definition) is 1. The molecule has 0 spiro atoms. The van der Waals surface area contributed by atoms with Crippen LogP contribution in [0.1, 0.15) is 17.2 Å². The Morgan fingerprint density at radius 2 is 2.06 bits per heavy atom. The van der Waals surface area contributed by atoms with Gasteiger partial charge >= 0.3 is 0 Å². The summed E-state index contributed by atoms with van der Waals surface area (Å²) in [5, 5.41) is 2.67. The minimum absolute atomic E-state index is 0.0633. The van der Waals surface area contributed by atoms with Crippen molar-refractivity contribution in [2.75, 3.05) is 6.61 Å². The van der Waals surface area contributed by atoms with Crippen molar-refractivity contribution in [3.05, 3.63) is 60.2 Å². The maximum atomic E-state index is 5.68. The van der Waals surface area contributed by atoms with Gasteiger partial charge in [0, 0.05) is 0 Å². The van der Waals surface area contributed by atoms with Gasteiger partial charge in [0.15, 0.2) is 0 Å². The van der Waals surface area contributed by atoms with Crippen LogP contribution in [0.5, 0.6) is 0 Å². The normalized spacial score (nSPS) is 19.4. The number of ether oxygens (including phenoxy) is 1. The van der Waals surface area contributed by atoms with Crippen LogP contribution in [0.3, 0.4) is 0 Å². The zero-order chi connectivity index (χ0) is 11.0. The third-order valence-electron chi connectivity index (χ3n) is 3.25. The zero-order valence-electron chi connectivity index (χ0n) is 9.15. The molecule has 0 aliphatic carbocycles. The molecule has 0 fully saturated rings. The Hall–Kier alpha value is -1.60. The number of benzene rings is 2. The number of hydrogen-bond donors (Lipinski definition) is 0. The highest BCUT2D eigenvalue weighted by Gasteiger charge is 2.19. The first-order valence-electron chi connectivity index (χ1n) is 5.65. The molecule has 2 aromatic carbocycles. The van der Waals surface area contributed by atoms with E-state index >= 15 is 0 Å². The number of rotatable bonds is 1. The molecule has 1 heterocycles. The first kappa shape index (κ1) is 9.61. The Balaban J connectivity index is 2.29. The van der Waals surface area contributed by atoms with E-state index in [0.717, 1.165) is 13.0 Å². The summed E-state index contributed by atoms with van der Waals surface area (Å²) in [5.74, 6) is 0. The molecule has 1 heteroatoms. The van der Waals surface area contributed by atoms with Gasteiger partial charge < -0.3 is 4.74 Å². The molecule has 0 unspecified atom stereocenters. The lowest BCUT2D eigenvalue weighted by Crippen LogP contribution is -2.14. The van der Waals surface area contributed by atoms with E-state index in [4.69, 9.17) is 4.74 Å². The van der Waals surface area contributed by atoms with E-state index in [1.807, 2.05) is 6.08 Å². The fourth-order valence-corrected chi connectivity index (χ4v) is 2.47. The Kier molecular flexibility index (Phi) is 2.26. The third-order valence-corrected chi connectivity index (χ3v) is 3.25. The summed E-state index contributed by atoms with van der Waals surface area (Å²) in [6.07, 6.45) is 2.95. The van der Waals surface area contributed by atoms with E-state index in [2.05, 4.69) is 43.0 Å². The van der Waals surface area contributed by atoms with Gasteiger partial charge in [-0.15, -0.1) is 6.58 Å². The SMILES string of the molecule is C=C[C@@H]1OCCc2c1ccc1ccccc21. The maximum Gasteiger partial charge on any atom is 0.101 e. The maximum absolute atomic E-state index is 5.68. The Morgan fingerprint density at radius 3 is 2.94 bits per heavy atom. The van der Waals surface area contributed by atoms with Crippen molar-refractivity contribution in [1.29, 1.82) is 0 Å². The van der Waals surface area contributed by atoms with Crippen LogP contribution in [0.2, 0.25) is 0 Å². The molecule has 2 aromatic rings. The van der Waals surface area contributed by atoms with Crippen LogP contribution < -0.4 is 0 Å². The Morgan fingerprint density at radius 1 is 1.19 bits per heavy atom. The molecule has 0 N–H and O–H groups in total. The predicted octanol–water partition coefficient (Wildman–Crippen LogP) is 3.64. The molecular weight excluding hydrogens is 196 g/mol. The first-order valence-corrected chi connectivity index (χ1v) is 5.65. The summed E-state index contributed by atoms with van der Waals surface area (Å²) in [6, 6.07) is 12.9. The van der Waals surface area contributed by atoms with Gasteiger partial charge in [0.2, 0.25) is 0 Å². The molecule has 1 nitrogen and oxygen atoms in total. The first-order chi connectivity index (χ1) is 7.90. The molecule has 80 valence electrons. The highest BCUT2D eigenvalue weighted by atomic mass is 16.5. The Labute approximate surface area is 95.4 Å². The molecule has 1 aliphatic heterocycles. The lowest BCUT2D eigenvalue weighted by molar-refractivity contribution is 0.0757. The van der Waals surface area contributed by atoms with Crippen molar-refractivity contribution in [2.45, 2.75) is 12.5 Å². The van der Waals surface area contributed by atoms with Crippen LogP contribution in [0.4, 0.5) is 0 Å². The van der Waals surface area contributed by atoms with Gasteiger partial charge in [0.05, 0.1) is 6.61 Å². The van der Waals surface area contributed by atoms with Crippen molar-refractivity contribution in [3.63, 3.8) is 0 Å². The highest BCUT2D eigenvalue weighted by molar-refractivity contribution is 5.87. The van der Waals surface area contributed by atoms with Gasteiger partial charge in [-0.2, -0.15) is 0 Å². The van der Waals surface area contributed by atoms with E-state index in [1.54, 1.807) is 0 Å². The lowest BCUT2D eigenvalue weighted by Gasteiger charge is -2.24. The minimum Gasteiger partial charge on any atom is -0.369 e. The number of fused-ring (bicyclic) bond motifs is 3. The monoisotopic (exact) mass is 210 g/mol. The molecule has 0 radical (unpaired) electrons. The van der Waals surface area contributed by atoms with Gasteiger partial charge in [-0.1, -0.05) is 42.5 Å². The van der Waals surface area contributed by atoms with Gasteiger partial charge in [-0.25, -0.2) is 0 Å². The summed E-state index contributed by atoms with van der Waals surface area (Å²) in [5.41, 5.74) is 2.70. The van der Waals surface area contributed by atoms with E-state index in [9.17, 15) is 0 Å². The molecule has 1 atom stereocenters. The quantitative estimate of drug-likeness (QED) is 0.653. The fourth-order valence-electron chi connectivity index (χ4n) is 2.47.